The Morgan fingerprint density at radius 1 is 1.43 bits per heavy atom. The highest BCUT2D eigenvalue weighted by atomic mass is 35.5. The molecule has 0 bridgehead atoms. The van der Waals surface area contributed by atoms with E-state index in [-0.39, 0.29) is 11.7 Å². The van der Waals surface area contributed by atoms with E-state index in [2.05, 4.69) is 0 Å². The first-order chi connectivity index (χ1) is 6.65. The number of benzene rings is 1. The molecule has 1 aromatic carbocycles. The third-order valence-electron chi connectivity index (χ3n) is 2.49. The third kappa shape index (κ3) is 2.85. The second-order valence-electron chi connectivity index (χ2n) is 3.51. The van der Waals surface area contributed by atoms with Gasteiger partial charge in [-0.05, 0) is 31.4 Å². The van der Waals surface area contributed by atoms with Gasteiger partial charge in [0.15, 0.2) is 0 Å². The number of hydrogen-bond donors (Lipinski definition) is 0. The zero-order valence-electron chi connectivity index (χ0n) is 8.59. The number of Topliss-reactive ketones (excluding diaryl/α,β-unsaturated/α-hetero) is 1. The van der Waals surface area contributed by atoms with E-state index in [0.717, 1.165) is 23.4 Å². The number of carbonyl (C=O) groups excluding carboxylic acids is 1. The largest absolute Gasteiger partial charge is 0.300 e. The zero-order valence-corrected chi connectivity index (χ0v) is 9.34. The minimum Gasteiger partial charge on any atom is -0.300 e. The van der Waals surface area contributed by atoms with Crippen LogP contribution in [0.5, 0.6) is 0 Å². The number of carbonyl (C=O) groups is 1. The SMILES string of the molecule is CCC(Cc1ccccc1Cl)C(C)=O. The summed E-state index contributed by atoms with van der Waals surface area (Å²) in [5, 5.41) is 0.757. The predicted octanol–water partition coefficient (Wildman–Crippen LogP) is 3.50. The van der Waals surface area contributed by atoms with Crippen molar-refractivity contribution in [3.05, 3.63) is 34.9 Å². The molecular formula is C12H15ClO. The Labute approximate surface area is 90.1 Å². The van der Waals surface area contributed by atoms with E-state index in [1.165, 1.54) is 0 Å². The lowest BCUT2D eigenvalue weighted by molar-refractivity contribution is -0.120. The normalized spacial score (nSPS) is 12.5. The third-order valence-corrected chi connectivity index (χ3v) is 2.86. The molecule has 0 amide bonds. The molecular weight excluding hydrogens is 196 g/mol. The maximum absolute atomic E-state index is 11.2. The van der Waals surface area contributed by atoms with Gasteiger partial charge in [0.25, 0.3) is 0 Å². The van der Waals surface area contributed by atoms with Crippen LogP contribution in [0.2, 0.25) is 5.02 Å². The van der Waals surface area contributed by atoms with Gasteiger partial charge in [-0.2, -0.15) is 0 Å². The Morgan fingerprint density at radius 3 is 2.57 bits per heavy atom. The lowest BCUT2D eigenvalue weighted by Crippen LogP contribution is -2.12. The van der Waals surface area contributed by atoms with Gasteiger partial charge in [-0.25, -0.2) is 0 Å². The van der Waals surface area contributed by atoms with Gasteiger partial charge >= 0.3 is 0 Å². The number of hydrogen-bond acceptors (Lipinski definition) is 1. The molecule has 0 saturated carbocycles. The van der Waals surface area contributed by atoms with Crippen LogP contribution in [0.4, 0.5) is 0 Å². The van der Waals surface area contributed by atoms with Crippen LogP contribution in [0, 0.1) is 5.92 Å². The Hall–Kier alpha value is -0.820. The lowest BCUT2D eigenvalue weighted by atomic mass is 9.94. The van der Waals surface area contributed by atoms with Crippen molar-refractivity contribution in [3.8, 4) is 0 Å². The molecule has 0 aliphatic carbocycles. The standard InChI is InChI=1S/C12H15ClO/c1-3-10(9(2)14)8-11-6-4-5-7-12(11)13/h4-7,10H,3,8H2,1-2H3. The van der Waals surface area contributed by atoms with Crippen molar-refractivity contribution in [1.82, 2.24) is 0 Å². The van der Waals surface area contributed by atoms with Gasteiger partial charge in [0.05, 0.1) is 0 Å². The summed E-state index contributed by atoms with van der Waals surface area (Å²) in [6.45, 7) is 3.67. The smallest absolute Gasteiger partial charge is 0.133 e. The molecule has 0 radical (unpaired) electrons. The first kappa shape index (κ1) is 11.3. The van der Waals surface area contributed by atoms with Crippen LogP contribution in [-0.4, -0.2) is 5.78 Å². The topological polar surface area (TPSA) is 17.1 Å². The van der Waals surface area contributed by atoms with Gasteiger partial charge in [0, 0.05) is 10.9 Å². The van der Waals surface area contributed by atoms with E-state index in [0.29, 0.717) is 0 Å². The molecule has 0 N–H and O–H groups in total. The number of rotatable bonds is 4. The molecule has 0 aliphatic heterocycles. The van der Waals surface area contributed by atoms with E-state index in [4.69, 9.17) is 11.6 Å². The molecule has 76 valence electrons. The first-order valence-corrected chi connectivity index (χ1v) is 5.26. The summed E-state index contributed by atoms with van der Waals surface area (Å²) in [6.07, 6.45) is 1.63. The fourth-order valence-corrected chi connectivity index (χ4v) is 1.72. The molecule has 1 rings (SSSR count). The molecule has 0 spiro atoms. The molecule has 14 heavy (non-hydrogen) atoms. The molecule has 0 aromatic heterocycles. The van der Waals surface area contributed by atoms with Crippen molar-refractivity contribution in [2.45, 2.75) is 26.7 Å². The number of ketones is 1. The Kier molecular flexibility index (Phi) is 4.15. The summed E-state index contributed by atoms with van der Waals surface area (Å²) in [6, 6.07) is 7.70. The minimum atomic E-state index is 0.106. The van der Waals surface area contributed by atoms with E-state index in [1.54, 1.807) is 6.92 Å². The summed E-state index contributed by atoms with van der Waals surface area (Å²) >= 11 is 6.02. The van der Waals surface area contributed by atoms with Crippen molar-refractivity contribution in [1.29, 1.82) is 0 Å². The van der Waals surface area contributed by atoms with Crippen LogP contribution in [0.3, 0.4) is 0 Å². The van der Waals surface area contributed by atoms with Gasteiger partial charge in [-0.3, -0.25) is 4.79 Å². The fourth-order valence-electron chi connectivity index (χ4n) is 1.50. The molecule has 1 unspecified atom stereocenters. The fraction of sp³-hybridized carbons (Fsp3) is 0.417. The highest BCUT2D eigenvalue weighted by Crippen LogP contribution is 2.20. The predicted molar refractivity (Wildman–Crippen MR) is 59.6 cm³/mol. The van der Waals surface area contributed by atoms with Crippen molar-refractivity contribution >= 4 is 17.4 Å². The molecule has 0 fully saturated rings. The maximum atomic E-state index is 11.2. The monoisotopic (exact) mass is 210 g/mol. The van der Waals surface area contributed by atoms with Crippen molar-refractivity contribution < 1.29 is 4.79 Å². The Balaban J connectivity index is 2.77. The van der Waals surface area contributed by atoms with E-state index in [9.17, 15) is 4.79 Å². The van der Waals surface area contributed by atoms with Crippen LogP contribution in [-0.2, 0) is 11.2 Å². The molecule has 0 heterocycles. The summed E-state index contributed by atoms with van der Waals surface area (Å²) in [7, 11) is 0. The second kappa shape index (κ2) is 5.16. The molecule has 1 aromatic rings. The number of halogens is 1. The van der Waals surface area contributed by atoms with Gasteiger partial charge in [0.2, 0.25) is 0 Å². The van der Waals surface area contributed by atoms with Gasteiger partial charge in [-0.1, -0.05) is 36.7 Å². The van der Waals surface area contributed by atoms with Crippen molar-refractivity contribution in [2.24, 2.45) is 5.92 Å². The first-order valence-electron chi connectivity index (χ1n) is 4.89. The summed E-state index contributed by atoms with van der Waals surface area (Å²) in [5.41, 5.74) is 1.07. The van der Waals surface area contributed by atoms with Gasteiger partial charge in [0.1, 0.15) is 5.78 Å². The molecule has 0 saturated heterocycles. The maximum Gasteiger partial charge on any atom is 0.133 e. The van der Waals surface area contributed by atoms with Crippen molar-refractivity contribution in [3.63, 3.8) is 0 Å². The summed E-state index contributed by atoms with van der Waals surface area (Å²) in [4.78, 5) is 11.2. The Morgan fingerprint density at radius 2 is 2.07 bits per heavy atom. The van der Waals surface area contributed by atoms with Crippen LogP contribution in [0.15, 0.2) is 24.3 Å². The van der Waals surface area contributed by atoms with E-state index in [1.807, 2.05) is 31.2 Å². The molecule has 0 aliphatic rings. The summed E-state index contributed by atoms with van der Waals surface area (Å²) < 4.78 is 0. The van der Waals surface area contributed by atoms with Gasteiger partial charge in [-0.15, -0.1) is 0 Å². The molecule has 1 atom stereocenters. The van der Waals surface area contributed by atoms with Crippen molar-refractivity contribution in [2.75, 3.05) is 0 Å². The summed E-state index contributed by atoms with van der Waals surface area (Å²) in [5.74, 6) is 0.349. The van der Waals surface area contributed by atoms with Crippen LogP contribution >= 0.6 is 11.6 Å². The second-order valence-corrected chi connectivity index (χ2v) is 3.92. The van der Waals surface area contributed by atoms with E-state index >= 15 is 0 Å². The quantitative estimate of drug-likeness (QED) is 0.744. The molecule has 2 heteroatoms. The average Bonchev–Trinajstić information content (AvgIpc) is 2.16. The zero-order chi connectivity index (χ0) is 10.6. The molecule has 1 nitrogen and oxygen atoms in total. The highest BCUT2D eigenvalue weighted by molar-refractivity contribution is 6.31. The van der Waals surface area contributed by atoms with Crippen LogP contribution < -0.4 is 0 Å². The Bertz CT molecular complexity index is 320. The lowest BCUT2D eigenvalue weighted by Gasteiger charge is -2.11. The van der Waals surface area contributed by atoms with Crippen LogP contribution in [0.1, 0.15) is 25.8 Å². The van der Waals surface area contributed by atoms with Crippen LogP contribution in [0.25, 0.3) is 0 Å². The van der Waals surface area contributed by atoms with E-state index < -0.39 is 0 Å². The highest BCUT2D eigenvalue weighted by Gasteiger charge is 2.13. The van der Waals surface area contributed by atoms with Gasteiger partial charge < -0.3 is 0 Å². The minimum absolute atomic E-state index is 0.106. The average molecular weight is 211 g/mol.